The number of carbonyl (C=O) groups is 2. The topological polar surface area (TPSA) is 66.8 Å². The average molecular weight is 285 g/mol. The minimum atomic E-state index is -0.705. The number of aliphatic carboxylic acids is 1. The molecule has 1 saturated carbocycles. The number of carboxylic acids is 1. The van der Waals surface area contributed by atoms with Crippen molar-refractivity contribution >= 4 is 12.1 Å². The van der Waals surface area contributed by atoms with Crippen LogP contribution in [0.5, 0.6) is 0 Å². The van der Waals surface area contributed by atoms with Crippen molar-refractivity contribution in [2.24, 2.45) is 11.8 Å². The first kappa shape index (κ1) is 16.8. The van der Waals surface area contributed by atoms with E-state index in [1.165, 1.54) is 0 Å². The van der Waals surface area contributed by atoms with Crippen LogP contribution in [0.25, 0.3) is 0 Å². The van der Waals surface area contributed by atoms with Gasteiger partial charge in [0.25, 0.3) is 0 Å². The highest BCUT2D eigenvalue weighted by Gasteiger charge is 2.27. The normalized spacial score (nSPS) is 22.6. The molecule has 1 aliphatic carbocycles. The highest BCUT2D eigenvalue weighted by Crippen LogP contribution is 2.31. The zero-order valence-corrected chi connectivity index (χ0v) is 12.8. The Morgan fingerprint density at radius 2 is 1.75 bits per heavy atom. The minimum absolute atomic E-state index is 0.130. The Bertz CT molecular complexity index is 322. The van der Waals surface area contributed by atoms with Crippen LogP contribution in [0.4, 0.5) is 4.79 Å². The van der Waals surface area contributed by atoms with Gasteiger partial charge in [-0.25, -0.2) is 4.79 Å². The molecular weight excluding hydrogens is 258 g/mol. The Kier molecular flexibility index (Phi) is 6.82. The van der Waals surface area contributed by atoms with Crippen LogP contribution in [-0.4, -0.2) is 41.3 Å². The second-order valence-electron chi connectivity index (χ2n) is 5.93. The van der Waals surface area contributed by atoms with E-state index in [2.05, 4.69) is 0 Å². The molecule has 0 aliphatic heterocycles. The van der Waals surface area contributed by atoms with Gasteiger partial charge in [0, 0.05) is 19.0 Å². The zero-order valence-electron chi connectivity index (χ0n) is 12.8. The van der Waals surface area contributed by atoms with E-state index in [0.717, 1.165) is 32.2 Å². The molecule has 0 saturated heterocycles. The molecule has 0 aromatic heterocycles. The predicted octanol–water partition coefficient (Wildman–Crippen LogP) is 3.13. The molecule has 0 radical (unpaired) electrons. The van der Waals surface area contributed by atoms with Crippen molar-refractivity contribution in [3.05, 3.63) is 0 Å². The second kappa shape index (κ2) is 8.12. The summed E-state index contributed by atoms with van der Waals surface area (Å²) in [4.78, 5) is 24.4. The van der Waals surface area contributed by atoms with E-state index in [1.54, 1.807) is 4.90 Å². The van der Waals surface area contributed by atoms with Crippen LogP contribution in [0.3, 0.4) is 0 Å². The van der Waals surface area contributed by atoms with Crippen LogP contribution in [0.15, 0.2) is 0 Å². The molecule has 1 rings (SSSR count). The van der Waals surface area contributed by atoms with E-state index < -0.39 is 5.97 Å². The van der Waals surface area contributed by atoms with Gasteiger partial charge in [-0.3, -0.25) is 4.79 Å². The van der Waals surface area contributed by atoms with Gasteiger partial charge in [0.05, 0.1) is 6.61 Å². The first-order chi connectivity index (χ1) is 9.43. The maximum absolute atomic E-state index is 11.9. The van der Waals surface area contributed by atoms with Gasteiger partial charge in [0.15, 0.2) is 0 Å². The lowest BCUT2D eigenvalue weighted by Crippen LogP contribution is -2.41. The molecule has 20 heavy (non-hydrogen) atoms. The highest BCUT2D eigenvalue weighted by molar-refractivity contribution is 5.68. The van der Waals surface area contributed by atoms with Crippen molar-refractivity contribution in [1.29, 1.82) is 0 Å². The molecule has 0 aromatic rings. The van der Waals surface area contributed by atoms with Gasteiger partial charge >= 0.3 is 12.1 Å². The molecule has 5 heteroatoms. The van der Waals surface area contributed by atoms with Gasteiger partial charge in [-0.1, -0.05) is 0 Å². The number of carboxylic acid groups (broad SMARTS) is 1. The maximum atomic E-state index is 11.9. The fourth-order valence-electron chi connectivity index (χ4n) is 2.85. The lowest BCUT2D eigenvalue weighted by Gasteiger charge is -2.33. The van der Waals surface area contributed by atoms with E-state index in [4.69, 9.17) is 9.84 Å². The predicted molar refractivity (Wildman–Crippen MR) is 76.6 cm³/mol. The number of amides is 1. The van der Waals surface area contributed by atoms with E-state index >= 15 is 0 Å². The molecule has 0 spiro atoms. The summed E-state index contributed by atoms with van der Waals surface area (Å²) in [5.41, 5.74) is 0. The Morgan fingerprint density at radius 3 is 2.20 bits per heavy atom. The number of hydrogen-bond acceptors (Lipinski definition) is 3. The third kappa shape index (κ3) is 5.39. The standard InChI is InChI=1S/C15H27NO4/c1-4-20-15(19)16(11(2)3)10-13-7-5-12(6-8-13)9-14(17)18/h11-13H,4-10H2,1-3H3,(H,17,18)/t12-,13-. The monoisotopic (exact) mass is 285 g/mol. The third-order valence-corrected chi connectivity index (χ3v) is 4.01. The number of rotatable bonds is 6. The number of hydrogen-bond donors (Lipinski definition) is 1. The molecule has 1 amide bonds. The van der Waals surface area contributed by atoms with Crippen LogP contribution >= 0.6 is 0 Å². The molecule has 1 aliphatic rings. The molecule has 1 N–H and O–H groups in total. The summed E-state index contributed by atoms with van der Waals surface area (Å²) < 4.78 is 5.09. The van der Waals surface area contributed by atoms with Gasteiger partial charge in [-0.2, -0.15) is 0 Å². The second-order valence-corrected chi connectivity index (χ2v) is 5.93. The summed E-state index contributed by atoms with van der Waals surface area (Å²) in [6.45, 7) is 6.91. The lowest BCUT2D eigenvalue weighted by molar-refractivity contribution is -0.138. The Morgan fingerprint density at radius 1 is 1.20 bits per heavy atom. The van der Waals surface area contributed by atoms with Gasteiger partial charge in [-0.05, 0) is 58.3 Å². The van der Waals surface area contributed by atoms with Crippen molar-refractivity contribution < 1.29 is 19.4 Å². The average Bonchev–Trinajstić information content (AvgIpc) is 2.37. The van der Waals surface area contributed by atoms with Crippen molar-refractivity contribution in [1.82, 2.24) is 4.90 Å². The molecule has 0 bridgehead atoms. The summed E-state index contributed by atoms with van der Waals surface area (Å²) >= 11 is 0. The van der Waals surface area contributed by atoms with Crippen molar-refractivity contribution in [2.75, 3.05) is 13.2 Å². The molecule has 5 nitrogen and oxygen atoms in total. The van der Waals surface area contributed by atoms with Gasteiger partial charge in [-0.15, -0.1) is 0 Å². The first-order valence-corrected chi connectivity index (χ1v) is 7.59. The Labute approximate surface area is 121 Å². The zero-order chi connectivity index (χ0) is 15.1. The first-order valence-electron chi connectivity index (χ1n) is 7.59. The molecule has 1 fully saturated rings. The van der Waals surface area contributed by atoms with E-state index in [9.17, 15) is 9.59 Å². The van der Waals surface area contributed by atoms with E-state index in [1.807, 2.05) is 20.8 Å². The van der Waals surface area contributed by atoms with E-state index in [-0.39, 0.29) is 18.6 Å². The summed E-state index contributed by atoms with van der Waals surface area (Å²) in [5.74, 6) is 0.0643. The van der Waals surface area contributed by atoms with Crippen LogP contribution in [0, 0.1) is 11.8 Å². The highest BCUT2D eigenvalue weighted by atomic mass is 16.6. The molecular formula is C15H27NO4. The van der Waals surface area contributed by atoms with Crippen molar-refractivity contribution in [3.63, 3.8) is 0 Å². The summed E-state index contributed by atoms with van der Waals surface area (Å²) in [7, 11) is 0. The smallest absolute Gasteiger partial charge is 0.409 e. The number of ether oxygens (including phenoxy) is 1. The van der Waals surface area contributed by atoms with Crippen LogP contribution < -0.4 is 0 Å². The molecule has 0 heterocycles. The fourth-order valence-corrected chi connectivity index (χ4v) is 2.85. The van der Waals surface area contributed by atoms with Gasteiger partial charge in [0.1, 0.15) is 0 Å². The summed E-state index contributed by atoms with van der Waals surface area (Å²) in [5, 5.41) is 8.81. The number of nitrogens with zero attached hydrogens (tertiary/aromatic N) is 1. The summed E-state index contributed by atoms with van der Waals surface area (Å²) in [6, 6.07) is 0.130. The third-order valence-electron chi connectivity index (χ3n) is 4.01. The number of carbonyl (C=O) groups excluding carboxylic acids is 1. The minimum Gasteiger partial charge on any atom is -0.481 e. The molecule has 0 unspecified atom stereocenters. The Balaban J connectivity index is 2.43. The van der Waals surface area contributed by atoms with Gasteiger partial charge < -0.3 is 14.7 Å². The summed E-state index contributed by atoms with van der Waals surface area (Å²) in [6.07, 6.45) is 3.94. The van der Waals surface area contributed by atoms with Crippen LogP contribution in [0.2, 0.25) is 0 Å². The Hall–Kier alpha value is -1.26. The maximum Gasteiger partial charge on any atom is 0.409 e. The van der Waals surface area contributed by atoms with Crippen molar-refractivity contribution in [3.8, 4) is 0 Å². The lowest BCUT2D eigenvalue weighted by atomic mass is 9.80. The largest absolute Gasteiger partial charge is 0.481 e. The fraction of sp³-hybridized carbons (Fsp3) is 0.867. The van der Waals surface area contributed by atoms with Crippen molar-refractivity contribution in [2.45, 2.75) is 58.9 Å². The molecule has 116 valence electrons. The van der Waals surface area contributed by atoms with Gasteiger partial charge in [0.2, 0.25) is 0 Å². The molecule has 0 aromatic carbocycles. The SMILES string of the molecule is CCOC(=O)N(C[C@H]1CC[C@H](CC(=O)O)CC1)C(C)C. The van der Waals surface area contributed by atoms with Crippen LogP contribution in [-0.2, 0) is 9.53 Å². The van der Waals surface area contributed by atoms with E-state index in [0.29, 0.717) is 18.4 Å². The molecule has 0 atom stereocenters. The quantitative estimate of drug-likeness (QED) is 0.814. The van der Waals surface area contributed by atoms with Crippen LogP contribution in [0.1, 0.15) is 52.9 Å².